The number of hydrogen-bond donors (Lipinski definition) is 2. The molecule has 0 aliphatic carbocycles. The summed E-state index contributed by atoms with van der Waals surface area (Å²) < 4.78 is 0.799. The lowest BCUT2D eigenvalue weighted by Gasteiger charge is -2.41. The Bertz CT molecular complexity index is 1050. The molecule has 7 nitrogen and oxygen atoms in total. The van der Waals surface area contributed by atoms with Crippen LogP contribution in [0.1, 0.15) is 37.6 Å². The minimum atomic E-state index is -0.643. The van der Waals surface area contributed by atoms with Crippen molar-refractivity contribution in [1.29, 1.82) is 0 Å². The summed E-state index contributed by atoms with van der Waals surface area (Å²) in [5.74, 6) is -0.449. The van der Waals surface area contributed by atoms with Crippen molar-refractivity contribution in [2.24, 2.45) is 5.92 Å². The SMILES string of the molecule is CC[C@H](C)[C@H](NC(=O)c1cccc(Br)c1)C(=O)N1CCN(C(=O)Nc2cccc(Cl)c2)[C@H](C)C1. The minimum absolute atomic E-state index is 0.0388. The number of halogens is 2. The Labute approximate surface area is 214 Å². The van der Waals surface area contributed by atoms with Gasteiger partial charge in [-0.1, -0.05) is 59.9 Å². The molecule has 0 saturated carbocycles. The first-order valence-electron chi connectivity index (χ1n) is 11.4. The average Bonchev–Trinajstić information content (AvgIpc) is 2.81. The number of urea groups is 1. The zero-order valence-electron chi connectivity index (χ0n) is 19.6. The van der Waals surface area contributed by atoms with Gasteiger partial charge in [0.2, 0.25) is 5.91 Å². The van der Waals surface area contributed by atoms with Gasteiger partial charge < -0.3 is 20.4 Å². The maximum Gasteiger partial charge on any atom is 0.322 e. The molecule has 0 aromatic heterocycles. The number of nitrogens with zero attached hydrogens (tertiary/aromatic N) is 2. The van der Waals surface area contributed by atoms with E-state index in [0.29, 0.717) is 35.9 Å². The highest BCUT2D eigenvalue weighted by Gasteiger charge is 2.35. The zero-order valence-corrected chi connectivity index (χ0v) is 21.9. The third kappa shape index (κ3) is 6.51. The second-order valence-corrected chi connectivity index (χ2v) is 9.97. The smallest absolute Gasteiger partial charge is 0.322 e. The fourth-order valence-electron chi connectivity index (χ4n) is 3.96. The standard InChI is InChI=1S/C25H30BrClN4O3/c1-4-16(2)22(29-23(32)18-7-5-8-19(26)13-18)24(33)30-11-12-31(17(3)15-30)25(34)28-21-10-6-9-20(27)14-21/h5-10,13-14,16-17,22H,4,11-12,15H2,1-3H3,(H,28,34)(H,29,32)/t16-,17+,22-/m0/s1. The van der Waals surface area contributed by atoms with Crippen LogP contribution in [0.15, 0.2) is 53.0 Å². The fraction of sp³-hybridized carbons (Fsp3) is 0.400. The van der Waals surface area contributed by atoms with Crippen molar-refractivity contribution in [3.63, 3.8) is 0 Å². The van der Waals surface area contributed by atoms with E-state index in [9.17, 15) is 14.4 Å². The number of carbonyl (C=O) groups is 3. The van der Waals surface area contributed by atoms with Crippen molar-refractivity contribution in [3.05, 3.63) is 63.6 Å². The number of nitrogens with one attached hydrogen (secondary N) is 2. The monoisotopic (exact) mass is 548 g/mol. The van der Waals surface area contributed by atoms with Gasteiger partial charge in [0.15, 0.2) is 0 Å². The summed E-state index contributed by atoms with van der Waals surface area (Å²) in [5, 5.41) is 6.35. The van der Waals surface area contributed by atoms with Crippen LogP contribution in [0.4, 0.5) is 10.5 Å². The largest absolute Gasteiger partial charge is 0.340 e. The number of amides is 4. The number of hydrogen-bond acceptors (Lipinski definition) is 3. The van der Waals surface area contributed by atoms with Crippen LogP contribution in [-0.2, 0) is 4.79 Å². The summed E-state index contributed by atoms with van der Waals surface area (Å²) in [7, 11) is 0. The van der Waals surface area contributed by atoms with Crippen molar-refractivity contribution in [1.82, 2.24) is 15.1 Å². The van der Waals surface area contributed by atoms with E-state index in [1.807, 2.05) is 26.8 Å². The van der Waals surface area contributed by atoms with Crippen molar-refractivity contribution in [2.45, 2.75) is 39.3 Å². The van der Waals surface area contributed by atoms with Gasteiger partial charge in [-0.2, -0.15) is 0 Å². The Kier molecular flexibility index (Phi) is 8.97. The van der Waals surface area contributed by atoms with Crippen molar-refractivity contribution in [2.75, 3.05) is 25.0 Å². The third-order valence-electron chi connectivity index (χ3n) is 6.13. The van der Waals surface area contributed by atoms with Gasteiger partial charge in [0.05, 0.1) is 0 Å². The molecule has 1 saturated heterocycles. The van der Waals surface area contributed by atoms with Crippen LogP contribution in [0.2, 0.25) is 5.02 Å². The number of anilines is 1. The maximum atomic E-state index is 13.5. The van der Waals surface area contributed by atoms with Crippen LogP contribution in [0.3, 0.4) is 0 Å². The number of carbonyl (C=O) groups excluding carboxylic acids is 3. The van der Waals surface area contributed by atoms with Crippen LogP contribution in [0, 0.1) is 5.92 Å². The molecular formula is C25H30BrClN4O3. The normalized spacial score (nSPS) is 17.6. The highest BCUT2D eigenvalue weighted by atomic mass is 79.9. The second-order valence-electron chi connectivity index (χ2n) is 8.61. The molecule has 2 aromatic carbocycles. The van der Waals surface area contributed by atoms with Gasteiger partial charge in [-0.15, -0.1) is 0 Å². The van der Waals surface area contributed by atoms with E-state index < -0.39 is 6.04 Å². The summed E-state index contributed by atoms with van der Waals surface area (Å²) in [6.45, 7) is 7.05. The molecule has 1 fully saturated rings. The van der Waals surface area contributed by atoms with E-state index in [0.717, 1.165) is 10.9 Å². The molecule has 9 heteroatoms. The summed E-state index contributed by atoms with van der Waals surface area (Å²) in [6.07, 6.45) is 0.743. The number of piperazine rings is 1. The lowest BCUT2D eigenvalue weighted by molar-refractivity contribution is -0.136. The lowest BCUT2D eigenvalue weighted by atomic mass is 9.96. The molecule has 4 amide bonds. The van der Waals surface area contributed by atoms with E-state index in [4.69, 9.17) is 11.6 Å². The summed E-state index contributed by atoms with van der Waals surface area (Å²) >= 11 is 9.39. The Morgan fingerprint density at radius 3 is 2.53 bits per heavy atom. The molecule has 1 heterocycles. The Hall–Kier alpha value is -2.58. The third-order valence-corrected chi connectivity index (χ3v) is 6.86. The second kappa shape index (κ2) is 11.7. The van der Waals surface area contributed by atoms with Crippen LogP contribution in [-0.4, -0.2) is 59.4 Å². The molecule has 2 aromatic rings. The fourth-order valence-corrected chi connectivity index (χ4v) is 4.54. The molecule has 0 unspecified atom stereocenters. The van der Waals surface area contributed by atoms with Gasteiger partial charge in [-0.05, 0) is 49.2 Å². The topological polar surface area (TPSA) is 81.8 Å². The molecule has 0 spiro atoms. The maximum absolute atomic E-state index is 13.5. The van der Waals surface area contributed by atoms with Gasteiger partial charge >= 0.3 is 6.03 Å². The molecule has 1 aliphatic heterocycles. The summed E-state index contributed by atoms with van der Waals surface area (Å²) in [6, 6.07) is 13.0. The molecule has 0 radical (unpaired) electrons. The Balaban J connectivity index is 1.65. The minimum Gasteiger partial charge on any atom is -0.340 e. The summed E-state index contributed by atoms with van der Waals surface area (Å²) in [5.41, 5.74) is 1.11. The van der Waals surface area contributed by atoms with Crippen LogP contribution in [0.5, 0.6) is 0 Å². The molecular weight excluding hydrogens is 520 g/mol. The first-order valence-corrected chi connectivity index (χ1v) is 12.5. The molecule has 34 heavy (non-hydrogen) atoms. The first kappa shape index (κ1) is 26.0. The highest BCUT2D eigenvalue weighted by molar-refractivity contribution is 9.10. The van der Waals surface area contributed by atoms with E-state index >= 15 is 0 Å². The van der Waals surface area contributed by atoms with Crippen molar-refractivity contribution in [3.8, 4) is 0 Å². The molecule has 3 atom stereocenters. The summed E-state index contributed by atoms with van der Waals surface area (Å²) in [4.78, 5) is 42.5. The average molecular weight is 550 g/mol. The van der Waals surface area contributed by atoms with Gasteiger partial charge in [-0.25, -0.2) is 4.79 Å². The molecule has 182 valence electrons. The Morgan fingerprint density at radius 2 is 1.88 bits per heavy atom. The van der Waals surface area contributed by atoms with E-state index in [1.54, 1.807) is 52.3 Å². The molecule has 0 bridgehead atoms. The van der Waals surface area contributed by atoms with Gasteiger partial charge in [0.25, 0.3) is 5.91 Å². The highest BCUT2D eigenvalue weighted by Crippen LogP contribution is 2.20. The first-order chi connectivity index (χ1) is 16.2. The van der Waals surface area contributed by atoms with Gasteiger partial charge in [0.1, 0.15) is 6.04 Å². The van der Waals surface area contributed by atoms with E-state index in [-0.39, 0.29) is 29.8 Å². The van der Waals surface area contributed by atoms with Crippen LogP contribution in [0.25, 0.3) is 0 Å². The predicted molar refractivity (Wildman–Crippen MR) is 138 cm³/mol. The molecule has 3 rings (SSSR count). The van der Waals surface area contributed by atoms with E-state index in [1.165, 1.54) is 0 Å². The van der Waals surface area contributed by atoms with Gasteiger partial charge in [-0.3, -0.25) is 9.59 Å². The van der Waals surface area contributed by atoms with E-state index in [2.05, 4.69) is 26.6 Å². The Morgan fingerprint density at radius 1 is 1.15 bits per heavy atom. The zero-order chi connectivity index (χ0) is 24.8. The molecule has 2 N–H and O–H groups in total. The van der Waals surface area contributed by atoms with Crippen LogP contribution < -0.4 is 10.6 Å². The number of benzene rings is 2. The van der Waals surface area contributed by atoms with Crippen molar-refractivity contribution < 1.29 is 14.4 Å². The number of rotatable bonds is 6. The molecule has 1 aliphatic rings. The lowest BCUT2D eigenvalue weighted by Crippen LogP contribution is -2.60. The quantitative estimate of drug-likeness (QED) is 0.531. The predicted octanol–water partition coefficient (Wildman–Crippen LogP) is 5.01. The van der Waals surface area contributed by atoms with Crippen molar-refractivity contribution >= 4 is 51.1 Å². The van der Waals surface area contributed by atoms with Crippen LogP contribution >= 0.6 is 27.5 Å². The van der Waals surface area contributed by atoms with Gasteiger partial charge in [0, 0.05) is 46.4 Å².